The molecule has 2 saturated heterocycles. The summed E-state index contributed by atoms with van der Waals surface area (Å²) in [6.07, 6.45) is 7.22. The Bertz CT molecular complexity index is 905. The van der Waals surface area contributed by atoms with E-state index in [1.165, 1.54) is 29.7 Å². The maximum atomic E-state index is 13.2. The largest absolute Gasteiger partial charge is 0.343 e. The first-order valence-electron chi connectivity index (χ1n) is 11.6. The van der Waals surface area contributed by atoms with Crippen LogP contribution in [-0.2, 0) is 4.79 Å². The number of piperidine rings is 1. The van der Waals surface area contributed by atoms with Crippen LogP contribution in [0.2, 0.25) is 0 Å². The number of thiazole rings is 1. The third-order valence-corrected chi connectivity index (χ3v) is 7.81. The maximum Gasteiger partial charge on any atom is 0.265 e. The molecule has 0 unspecified atom stereocenters. The van der Waals surface area contributed by atoms with E-state index in [9.17, 15) is 9.59 Å². The molecule has 1 aromatic carbocycles. The summed E-state index contributed by atoms with van der Waals surface area (Å²) in [6, 6.07) is 8.28. The fourth-order valence-corrected chi connectivity index (χ4v) is 5.63. The van der Waals surface area contributed by atoms with E-state index in [0.717, 1.165) is 73.0 Å². The van der Waals surface area contributed by atoms with Crippen molar-refractivity contribution in [2.45, 2.75) is 58.8 Å². The number of likely N-dealkylation sites (tertiary alicyclic amines) is 2. The SMILES string of the molecule is Cc1ccc(-c2nc(C)c(C(=O)N3CCC(CC(=O)N4CCCCCC4)CC3)s2)cc1. The van der Waals surface area contributed by atoms with Crippen molar-refractivity contribution in [2.75, 3.05) is 26.2 Å². The molecule has 166 valence electrons. The minimum absolute atomic E-state index is 0.0886. The van der Waals surface area contributed by atoms with Crippen LogP contribution in [-0.4, -0.2) is 52.8 Å². The number of rotatable bonds is 4. The summed E-state index contributed by atoms with van der Waals surface area (Å²) in [6.45, 7) is 7.29. The molecule has 0 atom stereocenters. The van der Waals surface area contributed by atoms with Gasteiger partial charge >= 0.3 is 0 Å². The summed E-state index contributed by atoms with van der Waals surface area (Å²) in [5.41, 5.74) is 3.08. The summed E-state index contributed by atoms with van der Waals surface area (Å²) < 4.78 is 0. The third kappa shape index (κ3) is 5.35. The molecule has 0 spiro atoms. The van der Waals surface area contributed by atoms with Gasteiger partial charge in [0.15, 0.2) is 0 Å². The van der Waals surface area contributed by atoms with Crippen LogP contribution in [0.25, 0.3) is 10.6 Å². The maximum absolute atomic E-state index is 13.2. The molecule has 2 aliphatic heterocycles. The molecular weight excluding hydrogens is 406 g/mol. The number of carbonyl (C=O) groups is 2. The first kappa shape index (κ1) is 22.0. The molecule has 0 aliphatic carbocycles. The number of aromatic nitrogens is 1. The first-order valence-corrected chi connectivity index (χ1v) is 12.4. The molecule has 1 aromatic heterocycles. The molecule has 5 nitrogen and oxygen atoms in total. The number of amides is 2. The van der Waals surface area contributed by atoms with Crippen molar-refractivity contribution in [1.82, 2.24) is 14.8 Å². The van der Waals surface area contributed by atoms with Gasteiger partial charge in [0, 0.05) is 38.2 Å². The van der Waals surface area contributed by atoms with E-state index in [2.05, 4.69) is 41.1 Å². The molecule has 2 aliphatic rings. The zero-order chi connectivity index (χ0) is 21.8. The predicted octanol–water partition coefficient (Wildman–Crippen LogP) is 5.07. The number of nitrogens with zero attached hydrogens (tertiary/aromatic N) is 3. The minimum Gasteiger partial charge on any atom is -0.343 e. The molecule has 31 heavy (non-hydrogen) atoms. The van der Waals surface area contributed by atoms with Crippen LogP contribution < -0.4 is 0 Å². The lowest BCUT2D eigenvalue weighted by Gasteiger charge is -2.32. The van der Waals surface area contributed by atoms with Gasteiger partial charge in [-0.2, -0.15) is 0 Å². The second kappa shape index (κ2) is 9.94. The van der Waals surface area contributed by atoms with E-state index in [4.69, 9.17) is 0 Å². The van der Waals surface area contributed by atoms with Crippen LogP contribution in [0.5, 0.6) is 0 Å². The van der Waals surface area contributed by atoms with E-state index in [1.807, 2.05) is 11.8 Å². The Morgan fingerprint density at radius 3 is 2.23 bits per heavy atom. The highest BCUT2D eigenvalue weighted by Gasteiger charge is 2.28. The van der Waals surface area contributed by atoms with Crippen molar-refractivity contribution in [3.63, 3.8) is 0 Å². The highest BCUT2D eigenvalue weighted by atomic mass is 32.1. The number of hydrogen-bond donors (Lipinski definition) is 0. The minimum atomic E-state index is 0.0886. The number of benzene rings is 1. The Balaban J connectivity index is 1.33. The fraction of sp³-hybridized carbons (Fsp3) is 0.560. The van der Waals surface area contributed by atoms with Gasteiger partial charge in [0.05, 0.1) is 5.69 Å². The third-order valence-electron chi connectivity index (χ3n) is 6.61. The lowest BCUT2D eigenvalue weighted by Crippen LogP contribution is -2.40. The van der Waals surface area contributed by atoms with Gasteiger partial charge in [-0.05, 0) is 45.4 Å². The molecule has 0 bridgehead atoms. The van der Waals surface area contributed by atoms with Crippen molar-refractivity contribution >= 4 is 23.2 Å². The van der Waals surface area contributed by atoms with Crippen LogP contribution in [0.4, 0.5) is 0 Å². The lowest BCUT2D eigenvalue weighted by molar-refractivity contribution is -0.132. The van der Waals surface area contributed by atoms with Gasteiger partial charge in [0.2, 0.25) is 5.91 Å². The summed E-state index contributed by atoms with van der Waals surface area (Å²) in [4.78, 5) is 35.3. The van der Waals surface area contributed by atoms with Crippen LogP contribution in [0.3, 0.4) is 0 Å². The Kier molecular flexibility index (Phi) is 7.06. The number of hydrogen-bond acceptors (Lipinski definition) is 4. The Labute approximate surface area is 189 Å². The predicted molar refractivity (Wildman–Crippen MR) is 125 cm³/mol. The zero-order valence-electron chi connectivity index (χ0n) is 18.7. The smallest absolute Gasteiger partial charge is 0.265 e. The number of aryl methyl sites for hydroxylation is 2. The summed E-state index contributed by atoms with van der Waals surface area (Å²) in [5.74, 6) is 0.795. The Hall–Kier alpha value is -2.21. The molecular formula is C25H33N3O2S. The van der Waals surface area contributed by atoms with Crippen LogP contribution in [0.1, 0.15) is 65.9 Å². The average molecular weight is 440 g/mol. The van der Waals surface area contributed by atoms with Gasteiger partial charge in [-0.3, -0.25) is 9.59 Å². The van der Waals surface area contributed by atoms with Crippen molar-refractivity contribution < 1.29 is 9.59 Å². The standard InChI is InChI=1S/C25H33N3O2S/c1-18-7-9-21(10-8-18)24-26-19(2)23(31-24)25(30)28-15-11-20(12-16-28)17-22(29)27-13-5-3-4-6-14-27/h7-10,20H,3-6,11-17H2,1-2H3. The van der Waals surface area contributed by atoms with Crippen molar-refractivity contribution in [1.29, 1.82) is 0 Å². The second-order valence-electron chi connectivity index (χ2n) is 9.03. The van der Waals surface area contributed by atoms with E-state index in [0.29, 0.717) is 18.2 Å². The van der Waals surface area contributed by atoms with Gasteiger partial charge in [0.25, 0.3) is 5.91 Å². The van der Waals surface area contributed by atoms with Gasteiger partial charge in [0.1, 0.15) is 9.88 Å². The lowest BCUT2D eigenvalue weighted by atomic mass is 9.92. The molecule has 6 heteroatoms. The van der Waals surface area contributed by atoms with E-state index < -0.39 is 0 Å². The number of carbonyl (C=O) groups excluding carboxylic acids is 2. The second-order valence-corrected chi connectivity index (χ2v) is 10.0. The van der Waals surface area contributed by atoms with E-state index >= 15 is 0 Å². The van der Waals surface area contributed by atoms with E-state index in [-0.39, 0.29) is 5.91 Å². The molecule has 2 amide bonds. The zero-order valence-corrected chi connectivity index (χ0v) is 19.5. The molecule has 3 heterocycles. The monoisotopic (exact) mass is 439 g/mol. The van der Waals surface area contributed by atoms with Crippen molar-refractivity contribution in [3.8, 4) is 10.6 Å². The Morgan fingerprint density at radius 2 is 1.58 bits per heavy atom. The van der Waals surface area contributed by atoms with Crippen molar-refractivity contribution in [3.05, 3.63) is 40.4 Å². The molecule has 4 rings (SSSR count). The van der Waals surface area contributed by atoms with Gasteiger partial charge < -0.3 is 9.80 Å². The fourth-order valence-electron chi connectivity index (χ4n) is 4.59. The molecule has 2 fully saturated rings. The van der Waals surface area contributed by atoms with Crippen LogP contribution >= 0.6 is 11.3 Å². The molecule has 0 saturated carbocycles. The highest BCUT2D eigenvalue weighted by molar-refractivity contribution is 7.17. The van der Waals surface area contributed by atoms with Crippen LogP contribution in [0.15, 0.2) is 24.3 Å². The Morgan fingerprint density at radius 1 is 0.935 bits per heavy atom. The molecule has 0 radical (unpaired) electrons. The summed E-state index contributed by atoms with van der Waals surface area (Å²) in [7, 11) is 0. The van der Waals surface area contributed by atoms with Crippen LogP contribution in [0, 0.1) is 19.8 Å². The van der Waals surface area contributed by atoms with Gasteiger partial charge in [-0.1, -0.05) is 42.7 Å². The van der Waals surface area contributed by atoms with Gasteiger partial charge in [-0.15, -0.1) is 11.3 Å². The van der Waals surface area contributed by atoms with Gasteiger partial charge in [-0.25, -0.2) is 4.98 Å². The average Bonchev–Trinajstić information content (AvgIpc) is 2.98. The quantitative estimate of drug-likeness (QED) is 0.668. The van der Waals surface area contributed by atoms with Crippen molar-refractivity contribution in [2.24, 2.45) is 5.92 Å². The van der Waals surface area contributed by atoms with E-state index in [1.54, 1.807) is 0 Å². The highest BCUT2D eigenvalue weighted by Crippen LogP contribution is 2.30. The summed E-state index contributed by atoms with van der Waals surface area (Å²) >= 11 is 1.49. The normalized spacial score (nSPS) is 18.1. The topological polar surface area (TPSA) is 53.5 Å². The summed E-state index contributed by atoms with van der Waals surface area (Å²) in [5, 5.41) is 0.902. The molecule has 2 aromatic rings. The molecule has 0 N–H and O–H groups in total. The first-order chi connectivity index (χ1) is 15.0.